The number of aromatic nitrogens is 1. The average molecular weight is 260 g/mol. The Morgan fingerprint density at radius 2 is 1.11 bits per heavy atom. The van der Waals surface area contributed by atoms with E-state index in [4.69, 9.17) is 4.98 Å². The molecule has 19 heavy (non-hydrogen) atoms. The van der Waals surface area contributed by atoms with Crippen LogP contribution in [0.2, 0.25) is 0 Å². The highest BCUT2D eigenvalue weighted by molar-refractivity contribution is 5.12. The van der Waals surface area contributed by atoms with Gasteiger partial charge in [-0.1, -0.05) is 25.0 Å². The first-order valence-corrected chi connectivity index (χ1v) is 7.96. The quantitative estimate of drug-likeness (QED) is 0.830. The van der Waals surface area contributed by atoms with Crippen molar-refractivity contribution in [1.82, 2.24) is 14.8 Å². The topological polar surface area (TPSA) is 20.6 Å². The van der Waals surface area contributed by atoms with Crippen LogP contribution >= 0.6 is 0 Å². The van der Waals surface area contributed by atoms with Crippen LogP contribution in [0, 0.1) is 0 Å². The zero-order valence-electron chi connectivity index (χ0n) is 12.0. The van der Waals surface area contributed by atoms with Gasteiger partial charge >= 0.3 is 0 Å². The van der Waals surface area contributed by atoms with E-state index in [0.29, 0.717) is 0 Å². The van der Waals surface area contributed by atoms with E-state index in [1.165, 1.54) is 76.1 Å². The zero-order valence-corrected chi connectivity index (χ0v) is 12.0. The molecule has 0 aliphatic carbocycles. The van der Waals surface area contributed by atoms with E-state index in [1.54, 1.807) is 0 Å². The molecule has 2 fully saturated rings. The van der Waals surface area contributed by atoms with Gasteiger partial charge in [0, 0.05) is 13.1 Å². The second-order valence-corrected chi connectivity index (χ2v) is 6.10. The first-order valence-electron chi connectivity index (χ1n) is 7.96. The maximum absolute atomic E-state index is 4.82. The predicted octanol–water partition coefficient (Wildman–Crippen LogP) is 2.62. The summed E-state index contributed by atoms with van der Waals surface area (Å²) in [6.45, 7) is 7.14. The second kappa shape index (κ2) is 6.58. The van der Waals surface area contributed by atoms with Gasteiger partial charge in [-0.2, -0.15) is 0 Å². The minimum atomic E-state index is 1.06. The van der Waals surface area contributed by atoms with Crippen LogP contribution in [0.5, 0.6) is 0 Å². The fourth-order valence-corrected chi connectivity index (χ4v) is 3.32. The molecule has 0 saturated carbocycles. The Kier molecular flexibility index (Phi) is 4.57. The van der Waals surface area contributed by atoms with Crippen LogP contribution in [0.15, 0.2) is 12.1 Å². The zero-order chi connectivity index (χ0) is 12.9. The van der Waals surface area contributed by atoms with Gasteiger partial charge in [0.1, 0.15) is 0 Å². The fourth-order valence-electron chi connectivity index (χ4n) is 3.32. The maximum atomic E-state index is 4.82. The second-order valence-electron chi connectivity index (χ2n) is 6.10. The SMILES string of the molecule is c1cc(CN2CCCCC2)[n-]c1CN1CCCCC1. The van der Waals surface area contributed by atoms with Crippen LogP contribution in [0.3, 0.4) is 0 Å². The van der Waals surface area contributed by atoms with Crippen molar-refractivity contribution in [3.05, 3.63) is 23.5 Å². The summed E-state index contributed by atoms with van der Waals surface area (Å²) in [6.07, 6.45) is 8.27. The summed E-state index contributed by atoms with van der Waals surface area (Å²) >= 11 is 0. The van der Waals surface area contributed by atoms with Crippen molar-refractivity contribution in [3.8, 4) is 0 Å². The molecule has 3 heteroatoms. The highest BCUT2D eigenvalue weighted by atomic mass is 15.1. The van der Waals surface area contributed by atoms with E-state index in [2.05, 4.69) is 21.9 Å². The number of hydrogen-bond donors (Lipinski definition) is 0. The summed E-state index contributed by atoms with van der Waals surface area (Å²) in [5.41, 5.74) is 2.54. The molecule has 0 atom stereocenters. The molecule has 0 aromatic carbocycles. The minimum Gasteiger partial charge on any atom is -0.663 e. The van der Waals surface area contributed by atoms with Crippen molar-refractivity contribution in [2.24, 2.45) is 0 Å². The molecule has 0 amide bonds. The smallest absolute Gasteiger partial charge is 0.00301 e. The van der Waals surface area contributed by atoms with Crippen molar-refractivity contribution in [3.63, 3.8) is 0 Å². The largest absolute Gasteiger partial charge is 0.663 e. The lowest BCUT2D eigenvalue weighted by Gasteiger charge is -2.29. The Balaban J connectivity index is 1.50. The molecule has 0 unspecified atom stereocenters. The van der Waals surface area contributed by atoms with Crippen molar-refractivity contribution >= 4 is 0 Å². The lowest BCUT2D eigenvalue weighted by Crippen LogP contribution is -2.30. The van der Waals surface area contributed by atoms with E-state index in [1.807, 2.05) is 0 Å². The van der Waals surface area contributed by atoms with E-state index in [0.717, 1.165) is 13.1 Å². The summed E-state index contributed by atoms with van der Waals surface area (Å²) < 4.78 is 0. The van der Waals surface area contributed by atoms with Crippen molar-refractivity contribution in [2.75, 3.05) is 26.2 Å². The number of rotatable bonds is 4. The van der Waals surface area contributed by atoms with Gasteiger partial charge < -0.3 is 14.8 Å². The molecule has 2 aliphatic heterocycles. The molecule has 1 aromatic heterocycles. The van der Waals surface area contributed by atoms with Crippen LogP contribution in [0.1, 0.15) is 49.9 Å². The summed E-state index contributed by atoms with van der Waals surface area (Å²) in [5.74, 6) is 0. The van der Waals surface area contributed by atoms with Gasteiger partial charge in [-0.05, 0) is 51.9 Å². The van der Waals surface area contributed by atoms with Gasteiger partial charge in [-0.15, -0.1) is 11.4 Å². The van der Waals surface area contributed by atoms with Gasteiger partial charge in [0.25, 0.3) is 0 Å². The molecule has 3 rings (SSSR count). The van der Waals surface area contributed by atoms with E-state index >= 15 is 0 Å². The fraction of sp³-hybridized carbons (Fsp3) is 0.750. The monoisotopic (exact) mass is 260 g/mol. The van der Waals surface area contributed by atoms with Gasteiger partial charge in [0.15, 0.2) is 0 Å². The summed E-state index contributed by atoms with van der Waals surface area (Å²) in [5, 5.41) is 0. The van der Waals surface area contributed by atoms with Crippen molar-refractivity contribution in [1.29, 1.82) is 0 Å². The molecule has 1 aromatic rings. The minimum absolute atomic E-state index is 1.06. The standard InChI is InChI=1S/C16H26N3/c1-3-9-18(10-4-1)13-15-7-8-16(17-15)14-19-11-5-2-6-12-19/h7-8H,1-6,9-14H2/q-1. The lowest BCUT2D eigenvalue weighted by molar-refractivity contribution is 0.214. The Labute approximate surface area is 117 Å². The molecule has 0 bridgehead atoms. The van der Waals surface area contributed by atoms with E-state index in [-0.39, 0.29) is 0 Å². The normalized spacial score (nSPS) is 22.7. The highest BCUT2D eigenvalue weighted by Gasteiger charge is 2.10. The van der Waals surface area contributed by atoms with Crippen LogP contribution in [-0.2, 0) is 13.1 Å². The molecule has 0 spiro atoms. The maximum Gasteiger partial charge on any atom is 0.00301 e. The van der Waals surface area contributed by atoms with Gasteiger partial charge in [-0.25, -0.2) is 0 Å². The molecule has 0 radical (unpaired) electrons. The Hall–Kier alpha value is -0.800. The van der Waals surface area contributed by atoms with Crippen molar-refractivity contribution < 1.29 is 0 Å². The van der Waals surface area contributed by atoms with Crippen molar-refractivity contribution in [2.45, 2.75) is 51.6 Å². The molecule has 3 nitrogen and oxygen atoms in total. The Morgan fingerprint density at radius 3 is 1.53 bits per heavy atom. The number of hydrogen-bond acceptors (Lipinski definition) is 2. The average Bonchev–Trinajstić information content (AvgIpc) is 2.88. The first kappa shape index (κ1) is 13.2. The van der Waals surface area contributed by atoms with Crippen LogP contribution < -0.4 is 4.98 Å². The van der Waals surface area contributed by atoms with Gasteiger partial charge in [-0.3, -0.25) is 0 Å². The number of piperidine rings is 2. The molecular formula is C16H26N3-. The van der Waals surface area contributed by atoms with Gasteiger partial charge in [0.2, 0.25) is 0 Å². The first-order chi connectivity index (χ1) is 9.40. The van der Waals surface area contributed by atoms with E-state index in [9.17, 15) is 0 Å². The molecule has 3 heterocycles. The summed E-state index contributed by atoms with van der Waals surface area (Å²) in [6, 6.07) is 4.46. The van der Waals surface area contributed by atoms with Crippen LogP contribution in [0.25, 0.3) is 0 Å². The summed E-state index contributed by atoms with van der Waals surface area (Å²) in [7, 11) is 0. The molecule has 2 aliphatic rings. The predicted molar refractivity (Wildman–Crippen MR) is 78.0 cm³/mol. The molecule has 2 saturated heterocycles. The molecule has 0 N–H and O–H groups in total. The van der Waals surface area contributed by atoms with Crippen LogP contribution in [-0.4, -0.2) is 36.0 Å². The van der Waals surface area contributed by atoms with Crippen LogP contribution in [0.4, 0.5) is 0 Å². The number of nitrogens with zero attached hydrogens (tertiary/aromatic N) is 3. The third-order valence-corrected chi connectivity index (χ3v) is 4.42. The Bertz CT molecular complexity index is 339. The Morgan fingerprint density at radius 1 is 0.684 bits per heavy atom. The third-order valence-electron chi connectivity index (χ3n) is 4.42. The highest BCUT2D eigenvalue weighted by Crippen LogP contribution is 2.15. The summed E-state index contributed by atoms with van der Waals surface area (Å²) in [4.78, 5) is 9.92. The lowest BCUT2D eigenvalue weighted by atomic mass is 10.1. The number of likely N-dealkylation sites (tertiary alicyclic amines) is 2. The molecule has 106 valence electrons. The molecular weight excluding hydrogens is 234 g/mol. The third kappa shape index (κ3) is 3.83. The van der Waals surface area contributed by atoms with E-state index < -0.39 is 0 Å². The van der Waals surface area contributed by atoms with Gasteiger partial charge in [0.05, 0.1) is 0 Å².